The molecule has 0 N–H and O–H groups in total. The minimum atomic E-state index is -0.574. The highest BCUT2D eigenvalue weighted by atomic mass is 32.2. The number of hydrogen-bond donors (Lipinski definition) is 0. The third kappa shape index (κ3) is 2.22. The van der Waals surface area contributed by atoms with E-state index in [9.17, 15) is 4.39 Å². The van der Waals surface area contributed by atoms with Crippen molar-refractivity contribution in [2.24, 2.45) is 0 Å². The van der Waals surface area contributed by atoms with Gasteiger partial charge < -0.3 is 4.52 Å². The van der Waals surface area contributed by atoms with Gasteiger partial charge in [0.15, 0.2) is 5.82 Å². The predicted octanol–water partition coefficient (Wildman–Crippen LogP) is 3.32. The Morgan fingerprint density at radius 3 is 3.11 bits per heavy atom. The van der Waals surface area contributed by atoms with Gasteiger partial charge in [0.1, 0.15) is 17.4 Å². The zero-order valence-electron chi connectivity index (χ0n) is 9.97. The lowest BCUT2D eigenvalue weighted by Crippen LogP contribution is -1.92. The summed E-state index contributed by atoms with van der Waals surface area (Å²) in [5, 5.41) is 13.2. The van der Waals surface area contributed by atoms with Crippen LogP contribution in [0.25, 0.3) is 11.5 Å². The molecule has 1 fully saturated rings. The Labute approximate surface area is 113 Å². The zero-order chi connectivity index (χ0) is 13.2. The van der Waals surface area contributed by atoms with Gasteiger partial charge in [0.05, 0.1) is 10.8 Å². The molecule has 3 rings (SSSR count). The molecule has 1 saturated heterocycles. The van der Waals surface area contributed by atoms with Crippen molar-refractivity contribution in [2.75, 3.05) is 5.75 Å². The van der Waals surface area contributed by atoms with Crippen LogP contribution in [0.3, 0.4) is 0 Å². The summed E-state index contributed by atoms with van der Waals surface area (Å²) < 4.78 is 18.7. The first kappa shape index (κ1) is 12.2. The van der Waals surface area contributed by atoms with Crippen molar-refractivity contribution in [2.45, 2.75) is 18.1 Å². The van der Waals surface area contributed by atoms with Crippen LogP contribution in [0.1, 0.15) is 29.5 Å². The molecular formula is C13H10FN3OS. The Balaban J connectivity index is 1.99. The number of aromatic nitrogens is 2. The van der Waals surface area contributed by atoms with Gasteiger partial charge in [0, 0.05) is 0 Å². The van der Waals surface area contributed by atoms with Gasteiger partial charge in [-0.25, -0.2) is 4.39 Å². The Kier molecular flexibility index (Phi) is 3.22. The van der Waals surface area contributed by atoms with E-state index in [2.05, 4.69) is 10.1 Å². The number of thioether (sulfide) groups is 1. The molecule has 6 heteroatoms. The molecule has 0 bridgehead atoms. The Morgan fingerprint density at radius 1 is 1.47 bits per heavy atom. The van der Waals surface area contributed by atoms with Crippen LogP contribution in [0, 0.1) is 17.1 Å². The lowest BCUT2D eigenvalue weighted by molar-refractivity contribution is 0.421. The number of hydrogen-bond acceptors (Lipinski definition) is 5. The van der Waals surface area contributed by atoms with Crippen LogP contribution in [0.2, 0.25) is 0 Å². The van der Waals surface area contributed by atoms with Crippen LogP contribution in [0.4, 0.5) is 4.39 Å². The predicted molar refractivity (Wildman–Crippen MR) is 68.8 cm³/mol. The molecule has 0 saturated carbocycles. The van der Waals surface area contributed by atoms with Gasteiger partial charge in [-0.15, -0.1) is 0 Å². The van der Waals surface area contributed by atoms with Crippen molar-refractivity contribution in [1.29, 1.82) is 5.26 Å². The molecule has 0 spiro atoms. The third-order valence-electron chi connectivity index (χ3n) is 3.02. The maximum atomic E-state index is 13.5. The van der Waals surface area contributed by atoms with Crippen LogP contribution < -0.4 is 0 Å². The lowest BCUT2D eigenvalue weighted by Gasteiger charge is -2.00. The summed E-state index contributed by atoms with van der Waals surface area (Å²) in [5.74, 6) is 1.36. The van der Waals surface area contributed by atoms with Crippen molar-refractivity contribution in [1.82, 2.24) is 10.1 Å². The fraction of sp³-hybridized carbons (Fsp3) is 0.308. The van der Waals surface area contributed by atoms with Gasteiger partial charge in [-0.2, -0.15) is 22.0 Å². The van der Waals surface area contributed by atoms with Crippen molar-refractivity contribution < 1.29 is 8.91 Å². The number of nitrogens with zero attached hydrogens (tertiary/aromatic N) is 3. The normalized spacial score (nSPS) is 18.4. The maximum absolute atomic E-state index is 13.5. The summed E-state index contributed by atoms with van der Waals surface area (Å²) in [6.45, 7) is 0. The molecule has 0 radical (unpaired) electrons. The standard InChI is InChI=1S/C13H10FN3OS/c14-10-4-1-3-8(9(10)7-15)13-16-12(17-18-13)11-5-2-6-19-11/h1,3-4,11H,2,5-6H2. The fourth-order valence-electron chi connectivity index (χ4n) is 2.07. The summed E-state index contributed by atoms with van der Waals surface area (Å²) in [6, 6.07) is 6.21. The number of benzene rings is 1. The number of rotatable bonds is 2. The molecule has 1 aliphatic rings. The molecule has 0 amide bonds. The fourth-order valence-corrected chi connectivity index (χ4v) is 3.27. The zero-order valence-corrected chi connectivity index (χ0v) is 10.8. The van der Waals surface area contributed by atoms with E-state index in [0.717, 1.165) is 18.6 Å². The summed E-state index contributed by atoms with van der Waals surface area (Å²) in [7, 11) is 0. The highest BCUT2D eigenvalue weighted by Crippen LogP contribution is 2.39. The van der Waals surface area contributed by atoms with E-state index < -0.39 is 5.82 Å². The van der Waals surface area contributed by atoms with E-state index in [-0.39, 0.29) is 16.7 Å². The van der Waals surface area contributed by atoms with Crippen molar-refractivity contribution >= 4 is 11.8 Å². The third-order valence-corrected chi connectivity index (χ3v) is 4.39. The first-order chi connectivity index (χ1) is 9.29. The van der Waals surface area contributed by atoms with Crippen LogP contribution in [-0.4, -0.2) is 15.9 Å². The number of halogens is 1. The van der Waals surface area contributed by atoms with Gasteiger partial charge in [-0.3, -0.25) is 0 Å². The smallest absolute Gasteiger partial charge is 0.259 e. The second-order valence-electron chi connectivity index (χ2n) is 4.23. The first-order valence-corrected chi connectivity index (χ1v) is 6.98. The quantitative estimate of drug-likeness (QED) is 0.841. The molecule has 0 aliphatic carbocycles. The molecular weight excluding hydrogens is 265 g/mol. The molecule has 1 aliphatic heterocycles. The molecule has 4 nitrogen and oxygen atoms in total. The average molecular weight is 275 g/mol. The Morgan fingerprint density at radius 2 is 2.37 bits per heavy atom. The Bertz CT molecular complexity index is 644. The minimum absolute atomic E-state index is 0.0585. The van der Waals surface area contributed by atoms with Crippen LogP contribution in [-0.2, 0) is 0 Å². The molecule has 1 aromatic carbocycles. The highest BCUT2D eigenvalue weighted by Gasteiger charge is 2.24. The maximum Gasteiger partial charge on any atom is 0.259 e. The van der Waals surface area contributed by atoms with E-state index in [1.165, 1.54) is 12.1 Å². The highest BCUT2D eigenvalue weighted by molar-refractivity contribution is 7.99. The molecule has 96 valence electrons. The van der Waals surface area contributed by atoms with Crippen LogP contribution in [0.15, 0.2) is 22.7 Å². The largest absolute Gasteiger partial charge is 0.334 e. The SMILES string of the molecule is N#Cc1c(F)cccc1-c1nc(C2CCCS2)no1. The average Bonchev–Trinajstić information content (AvgIpc) is 3.09. The van der Waals surface area contributed by atoms with Gasteiger partial charge in [0.2, 0.25) is 0 Å². The van der Waals surface area contributed by atoms with E-state index >= 15 is 0 Å². The van der Waals surface area contributed by atoms with Crippen molar-refractivity contribution in [3.8, 4) is 17.5 Å². The topological polar surface area (TPSA) is 62.7 Å². The Hall–Kier alpha value is -1.87. The minimum Gasteiger partial charge on any atom is -0.334 e. The summed E-state index contributed by atoms with van der Waals surface area (Å²) in [4.78, 5) is 4.30. The number of nitriles is 1. The molecule has 1 unspecified atom stereocenters. The van der Waals surface area contributed by atoms with E-state index in [1.54, 1.807) is 17.8 Å². The second-order valence-corrected chi connectivity index (χ2v) is 5.54. The van der Waals surface area contributed by atoms with Gasteiger partial charge in [0.25, 0.3) is 5.89 Å². The second kappa shape index (κ2) is 5.02. The molecule has 19 heavy (non-hydrogen) atoms. The first-order valence-electron chi connectivity index (χ1n) is 5.94. The van der Waals surface area contributed by atoms with Crippen LogP contribution >= 0.6 is 11.8 Å². The van der Waals surface area contributed by atoms with Gasteiger partial charge >= 0.3 is 0 Å². The summed E-state index contributed by atoms with van der Waals surface area (Å²) >= 11 is 1.79. The summed E-state index contributed by atoms with van der Waals surface area (Å²) in [6.07, 6.45) is 2.17. The molecule has 2 aromatic rings. The lowest BCUT2D eigenvalue weighted by atomic mass is 10.1. The van der Waals surface area contributed by atoms with E-state index in [4.69, 9.17) is 9.78 Å². The monoisotopic (exact) mass is 275 g/mol. The van der Waals surface area contributed by atoms with E-state index in [0.29, 0.717) is 11.4 Å². The molecule has 1 aromatic heterocycles. The molecule has 1 atom stereocenters. The van der Waals surface area contributed by atoms with Gasteiger partial charge in [-0.1, -0.05) is 11.2 Å². The van der Waals surface area contributed by atoms with E-state index in [1.807, 2.05) is 6.07 Å². The van der Waals surface area contributed by atoms with Crippen molar-refractivity contribution in [3.63, 3.8) is 0 Å². The van der Waals surface area contributed by atoms with Crippen molar-refractivity contribution in [3.05, 3.63) is 35.4 Å². The van der Waals surface area contributed by atoms with Gasteiger partial charge in [-0.05, 0) is 30.7 Å². The van der Waals surface area contributed by atoms with Crippen LogP contribution in [0.5, 0.6) is 0 Å². The molecule has 2 heterocycles. The summed E-state index contributed by atoms with van der Waals surface area (Å²) in [5.41, 5.74) is 0.293.